The predicted molar refractivity (Wildman–Crippen MR) is 60.3 cm³/mol. The summed E-state index contributed by atoms with van der Waals surface area (Å²) in [6, 6.07) is 0.517. The molecule has 1 aliphatic heterocycles. The number of likely N-dealkylation sites (tertiary alicyclic amines) is 1. The highest BCUT2D eigenvalue weighted by atomic mass is 16.1. The summed E-state index contributed by atoms with van der Waals surface area (Å²) in [4.78, 5) is 16.8. The van der Waals surface area contributed by atoms with Crippen LogP contribution in [0.5, 0.6) is 0 Å². The van der Waals surface area contributed by atoms with Crippen LogP contribution in [0.4, 0.5) is 0 Å². The van der Waals surface area contributed by atoms with Gasteiger partial charge in [-0.1, -0.05) is 0 Å². The van der Waals surface area contributed by atoms with Crippen molar-refractivity contribution >= 4 is 6.41 Å². The molecule has 0 bridgehead atoms. The molecule has 1 saturated heterocycles. The van der Waals surface area contributed by atoms with Gasteiger partial charge in [0, 0.05) is 24.4 Å². The molecule has 0 radical (unpaired) electrons. The maximum absolute atomic E-state index is 10.6. The van der Waals surface area contributed by atoms with Crippen molar-refractivity contribution in [1.82, 2.24) is 19.7 Å². The molecule has 5 nitrogen and oxygen atoms in total. The fourth-order valence-electron chi connectivity index (χ4n) is 3.27. The molecule has 1 spiro atoms. The lowest BCUT2D eigenvalue weighted by Crippen LogP contribution is -2.61. The fraction of sp³-hybridized carbons (Fsp3) is 0.750. The second-order valence-electron chi connectivity index (χ2n) is 5.93. The quantitative estimate of drug-likeness (QED) is 0.729. The largest absolute Gasteiger partial charge is 0.344 e. The van der Waals surface area contributed by atoms with Crippen molar-refractivity contribution in [2.45, 2.75) is 37.6 Å². The average Bonchev–Trinajstić information content (AvgIpc) is 2.95. The summed E-state index contributed by atoms with van der Waals surface area (Å²) in [6.45, 7) is 1.88. The van der Waals surface area contributed by atoms with Crippen LogP contribution in [-0.2, 0) is 4.79 Å². The van der Waals surface area contributed by atoms with Crippen LogP contribution in [0.1, 0.15) is 43.5 Å². The molecule has 0 atom stereocenters. The monoisotopic (exact) mass is 232 g/mol. The minimum atomic E-state index is 0.414. The third-order valence-electron chi connectivity index (χ3n) is 4.41. The number of amides is 1. The first kappa shape index (κ1) is 9.62. The summed E-state index contributed by atoms with van der Waals surface area (Å²) in [5, 5.41) is 4.58. The van der Waals surface area contributed by atoms with E-state index in [0.717, 1.165) is 38.2 Å². The summed E-state index contributed by atoms with van der Waals surface area (Å²) in [7, 11) is 0. The molecular weight excluding hydrogens is 216 g/mol. The summed E-state index contributed by atoms with van der Waals surface area (Å²) in [5.41, 5.74) is 0.414. The number of hydrogen-bond donors (Lipinski definition) is 0. The highest BCUT2D eigenvalue weighted by Crippen LogP contribution is 2.53. The highest BCUT2D eigenvalue weighted by Gasteiger charge is 2.53. The van der Waals surface area contributed by atoms with Crippen LogP contribution in [0.2, 0.25) is 0 Å². The zero-order valence-corrected chi connectivity index (χ0v) is 9.75. The lowest BCUT2D eigenvalue weighted by molar-refractivity contribution is -0.140. The van der Waals surface area contributed by atoms with E-state index in [-0.39, 0.29) is 0 Å². The van der Waals surface area contributed by atoms with Crippen molar-refractivity contribution in [2.24, 2.45) is 5.41 Å². The molecule has 3 aliphatic rings. The number of carbonyl (C=O) groups is 1. The van der Waals surface area contributed by atoms with E-state index in [1.165, 1.54) is 12.8 Å². The van der Waals surface area contributed by atoms with Gasteiger partial charge >= 0.3 is 0 Å². The fourth-order valence-corrected chi connectivity index (χ4v) is 3.27. The van der Waals surface area contributed by atoms with Gasteiger partial charge in [0.25, 0.3) is 0 Å². The second kappa shape index (κ2) is 3.09. The molecule has 0 unspecified atom stereocenters. The first-order valence-electron chi connectivity index (χ1n) is 6.38. The van der Waals surface area contributed by atoms with Crippen molar-refractivity contribution in [2.75, 3.05) is 13.1 Å². The lowest BCUT2D eigenvalue weighted by Gasteiger charge is -2.57. The Balaban J connectivity index is 1.40. The van der Waals surface area contributed by atoms with Crippen molar-refractivity contribution in [3.05, 3.63) is 12.2 Å². The van der Waals surface area contributed by atoms with Gasteiger partial charge < -0.3 is 4.90 Å². The van der Waals surface area contributed by atoms with Gasteiger partial charge in [0.15, 0.2) is 5.82 Å². The Hall–Kier alpha value is -1.39. The van der Waals surface area contributed by atoms with E-state index in [4.69, 9.17) is 0 Å². The van der Waals surface area contributed by atoms with Gasteiger partial charge in [0.1, 0.15) is 6.33 Å². The number of rotatable bonds is 3. The Morgan fingerprint density at radius 1 is 1.35 bits per heavy atom. The first-order chi connectivity index (χ1) is 8.28. The molecule has 5 heteroatoms. The van der Waals surface area contributed by atoms with E-state index < -0.39 is 0 Å². The molecule has 90 valence electrons. The van der Waals surface area contributed by atoms with Crippen LogP contribution >= 0.6 is 0 Å². The normalized spacial score (nSPS) is 26.7. The van der Waals surface area contributed by atoms with E-state index in [9.17, 15) is 4.79 Å². The highest BCUT2D eigenvalue weighted by molar-refractivity contribution is 5.49. The van der Waals surface area contributed by atoms with E-state index in [1.54, 1.807) is 0 Å². The summed E-state index contributed by atoms with van der Waals surface area (Å²) in [6.07, 6.45) is 7.68. The van der Waals surface area contributed by atoms with E-state index in [2.05, 4.69) is 10.1 Å². The number of carbonyl (C=O) groups excluding carboxylic acids is 1. The van der Waals surface area contributed by atoms with Crippen LogP contribution in [0.25, 0.3) is 0 Å². The Labute approximate surface area is 99.8 Å². The van der Waals surface area contributed by atoms with Crippen LogP contribution in [0, 0.1) is 5.41 Å². The number of hydrogen-bond acceptors (Lipinski definition) is 3. The zero-order chi connectivity index (χ0) is 11.5. The SMILES string of the molecule is O=CN1CC2(CC(n3cnc(C4CC4)n3)C2)C1. The average molecular weight is 232 g/mol. The summed E-state index contributed by atoms with van der Waals surface area (Å²) < 4.78 is 2.04. The van der Waals surface area contributed by atoms with Crippen molar-refractivity contribution in [1.29, 1.82) is 0 Å². The topological polar surface area (TPSA) is 51.0 Å². The van der Waals surface area contributed by atoms with E-state index in [0.29, 0.717) is 17.4 Å². The molecule has 2 saturated carbocycles. The maximum atomic E-state index is 10.6. The third kappa shape index (κ3) is 1.41. The Kier molecular flexibility index (Phi) is 1.75. The van der Waals surface area contributed by atoms with Gasteiger partial charge in [-0.15, -0.1) is 0 Å². The number of nitrogens with zero attached hydrogens (tertiary/aromatic N) is 4. The predicted octanol–water partition coefficient (Wildman–Crippen LogP) is 0.949. The molecule has 1 aromatic rings. The smallest absolute Gasteiger partial charge is 0.209 e. The summed E-state index contributed by atoms with van der Waals surface area (Å²) in [5.74, 6) is 1.67. The van der Waals surface area contributed by atoms with Gasteiger partial charge in [-0.3, -0.25) is 4.79 Å². The van der Waals surface area contributed by atoms with Gasteiger partial charge in [0.05, 0.1) is 6.04 Å². The molecule has 3 fully saturated rings. The molecule has 4 rings (SSSR count). The standard InChI is InChI=1S/C12H16N4O/c17-8-15-5-12(6-15)3-10(4-12)16-7-13-11(14-16)9-1-2-9/h7-10H,1-6H2. The first-order valence-corrected chi connectivity index (χ1v) is 6.38. The third-order valence-corrected chi connectivity index (χ3v) is 4.41. The minimum absolute atomic E-state index is 0.414. The molecule has 2 aliphatic carbocycles. The van der Waals surface area contributed by atoms with Gasteiger partial charge in [-0.05, 0) is 25.7 Å². The lowest BCUT2D eigenvalue weighted by atomic mass is 9.61. The molecule has 0 aromatic carbocycles. The summed E-state index contributed by atoms with van der Waals surface area (Å²) >= 11 is 0. The molecule has 0 N–H and O–H groups in total. The van der Waals surface area contributed by atoms with Crippen molar-refractivity contribution < 1.29 is 4.79 Å². The van der Waals surface area contributed by atoms with E-state index >= 15 is 0 Å². The molecule has 1 aromatic heterocycles. The molecule has 17 heavy (non-hydrogen) atoms. The van der Waals surface area contributed by atoms with Gasteiger partial charge in [-0.2, -0.15) is 5.10 Å². The van der Waals surface area contributed by atoms with Crippen LogP contribution in [-0.4, -0.2) is 39.2 Å². The van der Waals surface area contributed by atoms with Crippen LogP contribution < -0.4 is 0 Å². The molecule has 2 heterocycles. The number of aromatic nitrogens is 3. The maximum Gasteiger partial charge on any atom is 0.209 e. The Morgan fingerprint density at radius 2 is 2.12 bits per heavy atom. The minimum Gasteiger partial charge on any atom is -0.344 e. The van der Waals surface area contributed by atoms with Crippen LogP contribution in [0.3, 0.4) is 0 Å². The van der Waals surface area contributed by atoms with Crippen LogP contribution in [0.15, 0.2) is 6.33 Å². The van der Waals surface area contributed by atoms with Crippen molar-refractivity contribution in [3.63, 3.8) is 0 Å². The van der Waals surface area contributed by atoms with Crippen molar-refractivity contribution in [3.8, 4) is 0 Å². The second-order valence-corrected chi connectivity index (χ2v) is 5.93. The van der Waals surface area contributed by atoms with Gasteiger partial charge in [0.2, 0.25) is 6.41 Å². The van der Waals surface area contributed by atoms with Gasteiger partial charge in [-0.25, -0.2) is 9.67 Å². The Morgan fingerprint density at radius 3 is 2.76 bits per heavy atom. The van der Waals surface area contributed by atoms with E-state index in [1.807, 2.05) is 15.9 Å². The zero-order valence-electron chi connectivity index (χ0n) is 9.75. The molecule has 1 amide bonds. The Bertz CT molecular complexity index is 451. The molecular formula is C12H16N4O.